The molecule has 110 valence electrons. The number of para-hydroxylation sites is 1. The lowest BCUT2D eigenvalue weighted by atomic mass is 10.0. The first-order valence-electron chi connectivity index (χ1n) is 6.69. The average Bonchev–Trinajstić information content (AvgIpc) is 2.46. The molecule has 2 N–H and O–H groups in total. The Hall–Kier alpha value is -2.49. The monoisotopic (exact) mass is 285 g/mol. The molecule has 0 unspecified atom stereocenters. The van der Waals surface area contributed by atoms with Crippen molar-refractivity contribution in [2.24, 2.45) is 0 Å². The third-order valence-electron chi connectivity index (χ3n) is 3.50. The number of carbonyl (C=O) groups is 1. The molecule has 2 rings (SSSR count). The van der Waals surface area contributed by atoms with E-state index in [0.717, 1.165) is 16.7 Å². The first-order valence-corrected chi connectivity index (χ1v) is 6.69. The maximum Gasteiger partial charge on any atom is 0.340 e. The molecule has 0 radical (unpaired) electrons. The topological polar surface area (TPSA) is 61.5 Å². The second-order valence-electron chi connectivity index (χ2n) is 4.87. The number of anilines is 1. The number of hydrogen-bond acceptors (Lipinski definition) is 4. The lowest BCUT2D eigenvalue weighted by Crippen LogP contribution is -2.10. The quantitative estimate of drug-likeness (QED) is 0.692. The molecule has 0 fully saturated rings. The summed E-state index contributed by atoms with van der Waals surface area (Å²) in [6.45, 7) is 4.22. The lowest BCUT2D eigenvalue weighted by Gasteiger charge is -2.12. The maximum absolute atomic E-state index is 12.2. The minimum Gasteiger partial charge on any atom is -0.495 e. The Bertz CT molecular complexity index is 645. The Labute approximate surface area is 124 Å². The van der Waals surface area contributed by atoms with E-state index in [9.17, 15) is 4.79 Å². The predicted molar refractivity (Wildman–Crippen MR) is 82.4 cm³/mol. The van der Waals surface area contributed by atoms with Crippen LogP contribution >= 0.6 is 0 Å². The molecule has 0 heterocycles. The van der Waals surface area contributed by atoms with E-state index in [2.05, 4.69) is 0 Å². The molecular weight excluding hydrogens is 266 g/mol. The molecule has 21 heavy (non-hydrogen) atoms. The van der Waals surface area contributed by atoms with Gasteiger partial charge in [-0.2, -0.15) is 0 Å². The van der Waals surface area contributed by atoms with E-state index in [1.54, 1.807) is 18.2 Å². The summed E-state index contributed by atoms with van der Waals surface area (Å²) in [6.07, 6.45) is 0. The summed E-state index contributed by atoms with van der Waals surface area (Å²) in [5.41, 5.74) is 9.73. The molecular formula is C17H19NO3. The van der Waals surface area contributed by atoms with Crippen molar-refractivity contribution in [2.75, 3.05) is 12.8 Å². The molecule has 0 spiro atoms. The van der Waals surface area contributed by atoms with Gasteiger partial charge in [-0.3, -0.25) is 0 Å². The highest BCUT2D eigenvalue weighted by Gasteiger charge is 2.15. The van der Waals surface area contributed by atoms with E-state index in [4.69, 9.17) is 15.2 Å². The average molecular weight is 285 g/mol. The zero-order valence-corrected chi connectivity index (χ0v) is 12.5. The highest BCUT2D eigenvalue weighted by molar-refractivity contribution is 5.96. The second kappa shape index (κ2) is 6.31. The maximum atomic E-state index is 12.2. The molecule has 4 heteroatoms. The molecule has 2 aromatic carbocycles. The van der Waals surface area contributed by atoms with Gasteiger partial charge in [-0.25, -0.2) is 4.79 Å². The van der Waals surface area contributed by atoms with E-state index in [-0.39, 0.29) is 6.61 Å². The molecule has 0 aliphatic rings. The summed E-state index contributed by atoms with van der Waals surface area (Å²) < 4.78 is 10.5. The number of carbonyl (C=O) groups excluding carboxylic acids is 1. The minimum atomic E-state index is -0.450. The number of benzene rings is 2. The van der Waals surface area contributed by atoms with Crippen molar-refractivity contribution in [1.29, 1.82) is 0 Å². The number of nitrogens with two attached hydrogens (primary N) is 1. The van der Waals surface area contributed by atoms with Crippen LogP contribution in [0.2, 0.25) is 0 Å². The zero-order chi connectivity index (χ0) is 15.4. The van der Waals surface area contributed by atoms with Gasteiger partial charge in [-0.05, 0) is 42.7 Å². The number of nitrogen functional groups attached to an aromatic ring is 1. The first kappa shape index (κ1) is 14.9. The van der Waals surface area contributed by atoms with Crippen molar-refractivity contribution >= 4 is 11.7 Å². The van der Waals surface area contributed by atoms with Crippen LogP contribution in [-0.2, 0) is 11.3 Å². The lowest BCUT2D eigenvalue weighted by molar-refractivity contribution is 0.0472. The summed E-state index contributed by atoms with van der Waals surface area (Å²) in [5.74, 6) is 0.0191. The number of hydrogen-bond donors (Lipinski definition) is 1. The Morgan fingerprint density at radius 3 is 2.33 bits per heavy atom. The summed E-state index contributed by atoms with van der Waals surface area (Å²) in [7, 11) is 1.51. The van der Waals surface area contributed by atoms with E-state index < -0.39 is 5.97 Å². The third-order valence-corrected chi connectivity index (χ3v) is 3.50. The van der Waals surface area contributed by atoms with E-state index in [0.29, 0.717) is 17.0 Å². The summed E-state index contributed by atoms with van der Waals surface area (Å²) >= 11 is 0. The molecule has 0 aliphatic heterocycles. The summed E-state index contributed by atoms with van der Waals surface area (Å²) in [6, 6.07) is 11.0. The molecule has 4 nitrogen and oxygen atoms in total. The fourth-order valence-electron chi connectivity index (χ4n) is 2.19. The van der Waals surface area contributed by atoms with E-state index >= 15 is 0 Å². The highest BCUT2D eigenvalue weighted by atomic mass is 16.5. The third kappa shape index (κ3) is 3.16. The van der Waals surface area contributed by atoms with Crippen molar-refractivity contribution in [3.63, 3.8) is 0 Å². The molecule has 0 bridgehead atoms. The summed E-state index contributed by atoms with van der Waals surface area (Å²) in [5, 5.41) is 0. The van der Waals surface area contributed by atoms with Gasteiger partial charge in [-0.1, -0.05) is 24.3 Å². The van der Waals surface area contributed by atoms with Gasteiger partial charge in [0.25, 0.3) is 0 Å². The van der Waals surface area contributed by atoms with Crippen LogP contribution < -0.4 is 10.5 Å². The molecule has 0 atom stereocenters. The number of aryl methyl sites for hydroxylation is 2. The van der Waals surface area contributed by atoms with Crippen molar-refractivity contribution in [3.8, 4) is 5.75 Å². The second-order valence-corrected chi connectivity index (χ2v) is 4.87. The van der Waals surface area contributed by atoms with Crippen LogP contribution in [0.4, 0.5) is 5.69 Å². The molecule has 0 saturated heterocycles. The summed E-state index contributed by atoms with van der Waals surface area (Å²) in [4.78, 5) is 12.2. The van der Waals surface area contributed by atoms with Gasteiger partial charge in [0.1, 0.15) is 12.4 Å². The van der Waals surface area contributed by atoms with E-state index in [1.807, 2.05) is 32.0 Å². The van der Waals surface area contributed by atoms with Gasteiger partial charge in [0, 0.05) is 0 Å². The van der Waals surface area contributed by atoms with Gasteiger partial charge < -0.3 is 15.2 Å². The van der Waals surface area contributed by atoms with Gasteiger partial charge >= 0.3 is 5.97 Å². The Balaban J connectivity index is 2.16. The standard InChI is InChI=1S/C17H19NO3/c1-11-6-4-7-12(2)14(11)10-21-17(19)13-8-5-9-15(20-3)16(13)18/h4-9H,10,18H2,1-3H3. The highest BCUT2D eigenvalue weighted by Crippen LogP contribution is 2.25. The fourth-order valence-corrected chi connectivity index (χ4v) is 2.19. The number of ether oxygens (including phenoxy) is 2. The van der Waals surface area contributed by atoms with Gasteiger partial charge in [0.2, 0.25) is 0 Å². The minimum absolute atomic E-state index is 0.230. The van der Waals surface area contributed by atoms with Gasteiger partial charge in [0.05, 0.1) is 18.4 Å². The van der Waals surface area contributed by atoms with Crippen LogP contribution in [0.15, 0.2) is 36.4 Å². The van der Waals surface area contributed by atoms with Gasteiger partial charge in [0.15, 0.2) is 0 Å². The first-order chi connectivity index (χ1) is 10.0. The molecule has 2 aromatic rings. The van der Waals surface area contributed by atoms with Crippen molar-refractivity contribution in [1.82, 2.24) is 0 Å². The number of rotatable bonds is 4. The molecule has 0 saturated carbocycles. The number of methoxy groups -OCH3 is 1. The van der Waals surface area contributed by atoms with Crippen LogP contribution in [0.25, 0.3) is 0 Å². The largest absolute Gasteiger partial charge is 0.495 e. The molecule has 0 aromatic heterocycles. The Morgan fingerprint density at radius 2 is 1.71 bits per heavy atom. The van der Waals surface area contributed by atoms with Crippen molar-refractivity contribution < 1.29 is 14.3 Å². The van der Waals surface area contributed by atoms with Crippen LogP contribution in [0, 0.1) is 13.8 Å². The van der Waals surface area contributed by atoms with Crippen molar-refractivity contribution in [2.45, 2.75) is 20.5 Å². The number of esters is 1. The van der Waals surface area contributed by atoms with Gasteiger partial charge in [-0.15, -0.1) is 0 Å². The van der Waals surface area contributed by atoms with Crippen LogP contribution in [0.3, 0.4) is 0 Å². The van der Waals surface area contributed by atoms with E-state index in [1.165, 1.54) is 7.11 Å². The smallest absolute Gasteiger partial charge is 0.340 e. The van der Waals surface area contributed by atoms with Crippen LogP contribution in [0.5, 0.6) is 5.75 Å². The molecule has 0 amide bonds. The van der Waals surface area contributed by atoms with Crippen LogP contribution in [-0.4, -0.2) is 13.1 Å². The fraction of sp³-hybridized carbons (Fsp3) is 0.235. The SMILES string of the molecule is COc1cccc(C(=O)OCc2c(C)cccc2C)c1N. The Kier molecular flexibility index (Phi) is 4.48. The van der Waals surface area contributed by atoms with Crippen molar-refractivity contribution in [3.05, 3.63) is 58.7 Å². The predicted octanol–water partition coefficient (Wildman–Crippen LogP) is 3.25. The zero-order valence-electron chi connectivity index (χ0n) is 12.5. The molecule has 0 aliphatic carbocycles. The normalized spacial score (nSPS) is 10.2. The Morgan fingerprint density at radius 1 is 1.10 bits per heavy atom. The van der Waals surface area contributed by atoms with Crippen LogP contribution in [0.1, 0.15) is 27.0 Å².